The Morgan fingerprint density at radius 3 is 2.40 bits per heavy atom. The molecule has 3 N–H and O–H groups in total. The molecule has 0 saturated heterocycles. The molecule has 0 aliphatic heterocycles. The highest BCUT2D eigenvalue weighted by Gasteiger charge is 2.19. The van der Waals surface area contributed by atoms with Gasteiger partial charge in [-0.15, -0.1) is 0 Å². The molecule has 0 bridgehead atoms. The lowest BCUT2D eigenvalue weighted by Gasteiger charge is -2.13. The lowest BCUT2D eigenvalue weighted by atomic mass is 10.1. The van der Waals surface area contributed by atoms with Gasteiger partial charge >= 0.3 is 5.97 Å². The normalized spacial score (nSPS) is 11.1. The number of anilines is 1. The van der Waals surface area contributed by atoms with Gasteiger partial charge in [-0.2, -0.15) is 0 Å². The number of esters is 1. The van der Waals surface area contributed by atoms with Crippen molar-refractivity contribution in [2.45, 2.75) is 0 Å². The molecule has 0 saturated carbocycles. The van der Waals surface area contributed by atoms with Crippen molar-refractivity contribution in [1.82, 2.24) is 10.3 Å². The predicted octanol–water partition coefficient (Wildman–Crippen LogP) is 4.37. The van der Waals surface area contributed by atoms with E-state index >= 15 is 0 Å². The van der Waals surface area contributed by atoms with Gasteiger partial charge in [0, 0.05) is 28.2 Å². The maximum atomic E-state index is 13.3. The number of aromatic amines is 1. The van der Waals surface area contributed by atoms with Gasteiger partial charge in [0.05, 0.1) is 25.5 Å². The minimum atomic E-state index is -0.608. The Morgan fingerprint density at radius 2 is 1.66 bits per heavy atom. The van der Waals surface area contributed by atoms with Crippen molar-refractivity contribution in [2.24, 2.45) is 0 Å². The van der Waals surface area contributed by atoms with Gasteiger partial charge in [-0.05, 0) is 48.5 Å². The predicted molar refractivity (Wildman–Crippen MR) is 133 cm³/mol. The molecule has 4 rings (SSSR count). The number of fused-ring (bicyclic) bond motifs is 1. The summed E-state index contributed by atoms with van der Waals surface area (Å²) in [6.07, 6.45) is 3.30. The molecule has 0 atom stereocenters. The van der Waals surface area contributed by atoms with Gasteiger partial charge in [0.25, 0.3) is 11.8 Å². The number of benzene rings is 3. The number of ether oxygens (including phenoxy) is 2. The standard InChI is InChI=1S/C27H23N3O5/c1-34-19-12-13-22-21(15-19)18(16-28-22)14-24(30-25(31)17-8-4-3-5-9-17)26(32)29-23-11-7-6-10-20(23)27(33)35-2/h3-16,28H,1-2H3,(H,29,32)(H,30,31)/b24-14+. The first-order chi connectivity index (χ1) is 17.0. The average Bonchev–Trinajstić information content (AvgIpc) is 3.30. The Bertz CT molecular complexity index is 1420. The highest BCUT2D eigenvalue weighted by molar-refractivity contribution is 6.13. The molecule has 1 heterocycles. The van der Waals surface area contributed by atoms with E-state index in [-0.39, 0.29) is 16.9 Å². The fourth-order valence-electron chi connectivity index (χ4n) is 3.54. The first-order valence-electron chi connectivity index (χ1n) is 10.7. The molecule has 8 nitrogen and oxygen atoms in total. The molecular formula is C27H23N3O5. The third-order valence-corrected chi connectivity index (χ3v) is 5.33. The van der Waals surface area contributed by atoms with Crippen LogP contribution in [0.1, 0.15) is 26.3 Å². The number of carbonyl (C=O) groups is 3. The van der Waals surface area contributed by atoms with Crippen molar-refractivity contribution < 1.29 is 23.9 Å². The molecule has 0 aliphatic rings. The highest BCUT2D eigenvalue weighted by Crippen LogP contribution is 2.25. The van der Waals surface area contributed by atoms with E-state index in [0.29, 0.717) is 16.9 Å². The summed E-state index contributed by atoms with van der Waals surface area (Å²) in [5.41, 5.74) is 2.32. The van der Waals surface area contributed by atoms with Gasteiger partial charge in [0.2, 0.25) is 0 Å². The van der Waals surface area contributed by atoms with E-state index in [9.17, 15) is 14.4 Å². The van der Waals surface area contributed by atoms with Crippen LogP contribution in [0.3, 0.4) is 0 Å². The largest absolute Gasteiger partial charge is 0.497 e. The summed E-state index contributed by atoms with van der Waals surface area (Å²) in [5, 5.41) is 6.21. The zero-order valence-corrected chi connectivity index (χ0v) is 19.1. The van der Waals surface area contributed by atoms with E-state index in [4.69, 9.17) is 9.47 Å². The smallest absolute Gasteiger partial charge is 0.339 e. The number of aromatic nitrogens is 1. The highest BCUT2D eigenvalue weighted by atomic mass is 16.5. The Hall–Kier alpha value is -4.85. The second-order valence-electron chi connectivity index (χ2n) is 7.52. The van der Waals surface area contributed by atoms with E-state index in [1.54, 1.807) is 74.0 Å². The fraction of sp³-hybridized carbons (Fsp3) is 0.0741. The summed E-state index contributed by atoms with van der Waals surface area (Å²) < 4.78 is 10.1. The van der Waals surface area contributed by atoms with Crippen LogP contribution in [0, 0.1) is 0 Å². The summed E-state index contributed by atoms with van der Waals surface area (Å²) >= 11 is 0. The molecule has 0 unspecified atom stereocenters. The van der Waals surface area contributed by atoms with Crippen LogP contribution >= 0.6 is 0 Å². The second kappa shape index (κ2) is 10.4. The fourth-order valence-corrected chi connectivity index (χ4v) is 3.54. The van der Waals surface area contributed by atoms with E-state index in [1.165, 1.54) is 7.11 Å². The van der Waals surface area contributed by atoms with Crippen molar-refractivity contribution in [1.29, 1.82) is 0 Å². The molecule has 0 radical (unpaired) electrons. The molecule has 0 aliphatic carbocycles. The van der Waals surface area contributed by atoms with Crippen LogP contribution in [-0.4, -0.2) is 37.0 Å². The molecular weight excluding hydrogens is 446 g/mol. The monoisotopic (exact) mass is 469 g/mol. The quantitative estimate of drug-likeness (QED) is 0.275. The summed E-state index contributed by atoms with van der Waals surface area (Å²) in [5.74, 6) is -1.00. The molecule has 35 heavy (non-hydrogen) atoms. The van der Waals surface area contributed by atoms with Crippen LogP contribution in [0.4, 0.5) is 5.69 Å². The van der Waals surface area contributed by atoms with Crippen molar-refractivity contribution >= 4 is 40.4 Å². The zero-order valence-electron chi connectivity index (χ0n) is 19.1. The van der Waals surface area contributed by atoms with Crippen LogP contribution in [0.5, 0.6) is 5.75 Å². The molecule has 0 fully saturated rings. The van der Waals surface area contributed by atoms with Gasteiger partial charge in [-0.3, -0.25) is 9.59 Å². The number of hydrogen-bond donors (Lipinski definition) is 3. The van der Waals surface area contributed by atoms with Crippen LogP contribution < -0.4 is 15.4 Å². The zero-order chi connectivity index (χ0) is 24.8. The maximum Gasteiger partial charge on any atom is 0.339 e. The Balaban J connectivity index is 1.73. The summed E-state index contributed by atoms with van der Waals surface area (Å²) in [6, 6.07) is 20.5. The molecule has 1 aromatic heterocycles. The first kappa shape index (κ1) is 23.3. The number of rotatable bonds is 7. The van der Waals surface area contributed by atoms with Crippen LogP contribution in [-0.2, 0) is 9.53 Å². The Labute approximate surface area is 201 Å². The topological polar surface area (TPSA) is 110 Å². The number of hydrogen-bond acceptors (Lipinski definition) is 5. The molecule has 2 amide bonds. The van der Waals surface area contributed by atoms with Crippen LogP contribution in [0.15, 0.2) is 84.7 Å². The number of methoxy groups -OCH3 is 2. The first-order valence-corrected chi connectivity index (χ1v) is 10.7. The van der Waals surface area contributed by atoms with Crippen molar-refractivity contribution in [3.05, 3.63) is 101 Å². The number of nitrogens with one attached hydrogen (secondary N) is 3. The SMILES string of the molecule is COC(=O)c1ccccc1NC(=O)/C(=C\c1c[nH]c2ccc(OC)cc12)NC(=O)c1ccccc1. The molecule has 8 heteroatoms. The van der Waals surface area contributed by atoms with Crippen molar-refractivity contribution in [3.63, 3.8) is 0 Å². The summed E-state index contributed by atoms with van der Waals surface area (Å²) in [6.45, 7) is 0. The van der Waals surface area contributed by atoms with Crippen molar-refractivity contribution in [2.75, 3.05) is 19.5 Å². The van der Waals surface area contributed by atoms with E-state index < -0.39 is 17.8 Å². The van der Waals surface area contributed by atoms with Gasteiger partial charge in [-0.1, -0.05) is 30.3 Å². The third-order valence-electron chi connectivity index (χ3n) is 5.33. The van der Waals surface area contributed by atoms with Crippen molar-refractivity contribution in [3.8, 4) is 5.75 Å². The van der Waals surface area contributed by atoms with Gasteiger partial charge in [0.1, 0.15) is 11.4 Å². The van der Waals surface area contributed by atoms with E-state index in [1.807, 2.05) is 18.2 Å². The molecule has 0 spiro atoms. The lowest BCUT2D eigenvalue weighted by molar-refractivity contribution is -0.113. The minimum Gasteiger partial charge on any atom is -0.497 e. The van der Waals surface area contributed by atoms with E-state index in [2.05, 4.69) is 15.6 Å². The number of para-hydroxylation sites is 1. The van der Waals surface area contributed by atoms with Crippen LogP contribution in [0.2, 0.25) is 0 Å². The van der Waals surface area contributed by atoms with Gasteiger partial charge < -0.3 is 25.1 Å². The Kier molecular flexibility index (Phi) is 6.92. The third kappa shape index (κ3) is 5.22. The maximum absolute atomic E-state index is 13.3. The minimum absolute atomic E-state index is 0.0118. The Morgan fingerprint density at radius 1 is 0.914 bits per heavy atom. The van der Waals surface area contributed by atoms with E-state index in [0.717, 1.165) is 10.9 Å². The number of amides is 2. The molecule has 3 aromatic carbocycles. The average molecular weight is 469 g/mol. The van der Waals surface area contributed by atoms with Gasteiger partial charge in [0.15, 0.2) is 0 Å². The number of H-pyrrole nitrogens is 1. The van der Waals surface area contributed by atoms with Crippen LogP contribution in [0.25, 0.3) is 17.0 Å². The molecule has 4 aromatic rings. The second-order valence-corrected chi connectivity index (χ2v) is 7.52. The number of carbonyl (C=O) groups excluding carboxylic acids is 3. The van der Waals surface area contributed by atoms with Gasteiger partial charge in [-0.25, -0.2) is 4.79 Å². The molecule has 176 valence electrons. The summed E-state index contributed by atoms with van der Waals surface area (Å²) in [4.78, 5) is 41.5. The lowest BCUT2D eigenvalue weighted by Crippen LogP contribution is -2.31. The summed E-state index contributed by atoms with van der Waals surface area (Å²) in [7, 11) is 2.83.